The summed E-state index contributed by atoms with van der Waals surface area (Å²) in [4.78, 5) is 26.3. The van der Waals surface area contributed by atoms with E-state index >= 15 is 0 Å². The van der Waals surface area contributed by atoms with Crippen molar-refractivity contribution in [2.24, 2.45) is 0 Å². The zero-order chi connectivity index (χ0) is 19.6. The summed E-state index contributed by atoms with van der Waals surface area (Å²) in [5.41, 5.74) is 1.89. The topological polar surface area (TPSA) is 46.6 Å². The maximum Gasteiger partial charge on any atom is 0.307 e. The molecule has 4 nitrogen and oxygen atoms in total. The third kappa shape index (κ3) is 6.57. The normalized spacial score (nSPS) is 12.0. The molecule has 5 heteroatoms. The number of carbonyl (C=O) groups excluding carboxylic acids is 2. The molecule has 2 aromatic carbocycles. The van der Waals surface area contributed by atoms with Gasteiger partial charge in [-0.1, -0.05) is 54.1 Å². The minimum absolute atomic E-state index is 0.158. The lowest BCUT2D eigenvalue weighted by molar-refractivity contribution is -0.144. The van der Waals surface area contributed by atoms with Crippen molar-refractivity contribution >= 4 is 29.6 Å². The first-order valence-corrected chi connectivity index (χ1v) is 9.34. The van der Waals surface area contributed by atoms with Gasteiger partial charge in [0.15, 0.2) is 0 Å². The Morgan fingerprint density at radius 1 is 1.11 bits per heavy atom. The van der Waals surface area contributed by atoms with E-state index in [1.807, 2.05) is 49.4 Å². The largest absolute Gasteiger partial charge is 0.466 e. The summed E-state index contributed by atoms with van der Waals surface area (Å²) in [6.07, 6.45) is 3.42. The van der Waals surface area contributed by atoms with E-state index in [1.165, 1.54) is 6.08 Å². The Kier molecular flexibility index (Phi) is 8.08. The molecular formula is C22H24ClNO3. The molecule has 2 rings (SSSR count). The van der Waals surface area contributed by atoms with Crippen molar-refractivity contribution < 1.29 is 14.3 Å². The highest BCUT2D eigenvalue weighted by Gasteiger charge is 2.20. The van der Waals surface area contributed by atoms with E-state index < -0.39 is 0 Å². The van der Waals surface area contributed by atoms with Crippen LogP contribution < -0.4 is 0 Å². The summed E-state index contributed by atoms with van der Waals surface area (Å²) in [5.74, 6) is -0.470. The van der Waals surface area contributed by atoms with Gasteiger partial charge in [-0.05, 0) is 43.2 Å². The number of amides is 1. The first kappa shape index (κ1) is 20.7. The first-order valence-electron chi connectivity index (χ1n) is 8.96. The van der Waals surface area contributed by atoms with E-state index in [0.717, 1.165) is 11.1 Å². The first-order chi connectivity index (χ1) is 13.0. The van der Waals surface area contributed by atoms with E-state index in [-0.39, 0.29) is 24.3 Å². The Bertz CT molecular complexity index is 772. The van der Waals surface area contributed by atoms with Crippen LogP contribution in [0.15, 0.2) is 60.7 Å². The summed E-state index contributed by atoms with van der Waals surface area (Å²) < 4.78 is 4.99. The fraction of sp³-hybridized carbons (Fsp3) is 0.273. The molecule has 0 N–H and O–H groups in total. The number of ether oxygens (including phenoxy) is 1. The zero-order valence-corrected chi connectivity index (χ0v) is 16.4. The van der Waals surface area contributed by atoms with Crippen molar-refractivity contribution in [2.75, 3.05) is 13.2 Å². The fourth-order valence-electron chi connectivity index (χ4n) is 2.69. The number of benzene rings is 2. The SMILES string of the molecule is CCOC(=O)CCN(C(=O)/C=C/c1ccc(Cl)cc1)C(C)c1ccccc1. The number of nitrogens with zero attached hydrogens (tertiary/aromatic N) is 1. The Morgan fingerprint density at radius 3 is 2.41 bits per heavy atom. The number of carbonyl (C=O) groups is 2. The van der Waals surface area contributed by atoms with Crippen molar-refractivity contribution in [2.45, 2.75) is 26.3 Å². The van der Waals surface area contributed by atoms with Crippen LogP contribution >= 0.6 is 11.6 Å². The van der Waals surface area contributed by atoms with Crippen molar-refractivity contribution in [1.29, 1.82) is 0 Å². The summed E-state index contributed by atoms with van der Waals surface area (Å²) in [7, 11) is 0. The highest BCUT2D eigenvalue weighted by molar-refractivity contribution is 6.30. The van der Waals surface area contributed by atoms with Crippen LogP contribution in [-0.4, -0.2) is 29.9 Å². The van der Waals surface area contributed by atoms with Crippen LogP contribution in [0.1, 0.15) is 37.4 Å². The van der Waals surface area contributed by atoms with Gasteiger partial charge in [-0.15, -0.1) is 0 Å². The molecule has 1 unspecified atom stereocenters. The van der Waals surface area contributed by atoms with Crippen molar-refractivity contribution in [3.63, 3.8) is 0 Å². The zero-order valence-electron chi connectivity index (χ0n) is 15.6. The molecule has 1 amide bonds. The lowest BCUT2D eigenvalue weighted by atomic mass is 10.1. The van der Waals surface area contributed by atoms with Crippen LogP contribution in [0, 0.1) is 0 Å². The number of rotatable bonds is 8. The Morgan fingerprint density at radius 2 is 1.78 bits per heavy atom. The standard InChI is InChI=1S/C22H24ClNO3/c1-3-27-22(26)15-16-24(17(2)19-7-5-4-6-8-19)21(25)14-11-18-9-12-20(23)13-10-18/h4-14,17H,3,15-16H2,1-2H3/b14-11+. The predicted molar refractivity (Wildman–Crippen MR) is 108 cm³/mol. The molecule has 27 heavy (non-hydrogen) atoms. The molecule has 2 aromatic rings. The molecule has 0 fully saturated rings. The lowest BCUT2D eigenvalue weighted by Crippen LogP contribution is -2.34. The quantitative estimate of drug-likeness (QED) is 0.479. The third-order valence-corrected chi connectivity index (χ3v) is 4.44. The molecule has 0 aromatic heterocycles. The minimum Gasteiger partial charge on any atom is -0.466 e. The number of esters is 1. The van der Waals surface area contributed by atoms with Gasteiger partial charge in [0.25, 0.3) is 0 Å². The summed E-state index contributed by atoms with van der Waals surface area (Å²) in [6, 6.07) is 16.8. The molecule has 0 heterocycles. The third-order valence-electron chi connectivity index (χ3n) is 4.18. The van der Waals surface area contributed by atoms with E-state index in [1.54, 1.807) is 30.0 Å². The van der Waals surface area contributed by atoms with Gasteiger partial charge in [0.05, 0.1) is 19.1 Å². The monoisotopic (exact) mass is 385 g/mol. The minimum atomic E-state index is -0.308. The Hall–Kier alpha value is -2.59. The maximum atomic E-state index is 12.8. The molecular weight excluding hydrogens is 362 g/mol. The highest BCUT2D eigenvalue weighted by Crippen LogP contribution is 2.21. The van der Waals surface area contributed by atoms with E-state index in [9.17, 15) is 9.59 Å². The number of halogens is 1. The Balaban J connectivity index is 2.15. The predicted octanol–water partition coefficient (Wildman–Crippen LogP) is 4.90. The number of hydrogen-bond donors (Lipinski definition) is 0. The highest BCUT2D eigenvalue weighted by atomic mass is 35.5. The van der Waals surface area contributed by atoms with Gasteiger partial charge < -0.3 is 9.64 Å². The molecule has 0 saturated carbocycles. The average molecular weight is 386 g/mol. The van der Waals surface area contributed by atoms with Gasteiger partial charge in [-0.3, -0.25) is 9.59 Å². The second-order valence-electron chi connectivity index (χ2n) is 6.06. The summed E-state index contributed by atoms with van der Waals surface area (Å²) >= 11 is 5.89. The van der Waals surface area contributed by atoms with Gasteiger partial charge in [-0.25, -0.2) is 0 Å². The molecule has 0 aliphatic carbocycles. The van der Waals surface area contributed by atoms with Crippen molar-refractivity contribution in [3.05, 3.63) is 76.8 Å². The maximum absolute atomic E-state index is 12.8. The lowest BCUT2D eigenvalue weighted by Gasteiger charge is -2.28. The number of hydrogen-bond acceptors (Lipinski definition) is 3. The van der Waals surface area contributed by atoms with Gasteiger partial charge in [0, 0.05) is 17.6 Å². The van der Waals surface area contributed by atoms with Crippen LogP contribution in [0.2, 0.25) is 5.02 Å². The fourth-order valence-corrected chi connectivity index (χ4v) is 2.81. The second-order valence-corrected chi connectivity index (χ2v) is 6.49. The molecule has 0 bridgehead atoms. The van der Waals surface area contributed by atoms with Crippen molar-refractivity contribution in [3.8, 4) is 0 Å². The van der Waals surface area contributed by atoms with Crippen LogP contribution in [0.4, 0.5) is 0 Å². The van der Waals surface area contributed by atoms with Gasteiger partial charge in [0.2, 0.25) is 5.91 Å². The Labute approximate surface area is 165 Å². The van der Waals surface area contributed by atoms with Crippen LogP contribution in [0.5, 0.6) is 0 Å². The van der Waals surface area contributed by atoms with Crippen LogP contribution in [-0.2, 0) is 14.3 Å². The summed E-state index contributed by atoms with van der Waals surface area (Å²) in [5, 5.41) is 0.646. The smallest absolute Gasteiger partial charge is 0.307 e. The molecule has 0 aliphatic heterocycles. The van der Waals surface area contributed by atoms with Gasteiger partial charge in [-0.2, -0.15) is 0 Å². The molecule has 0 radical (unpaired) electrons. The summed E-state index contributed by atoms with van der Waals surface area (Å²) in [6.45, 7) is 4.34. The molecule has 0 saturated heterocycles. The van der Waals surface area contributed by atoms with E-state index in [4.69, 9.17) is 16.3 Å². The van der Waals surface area contributed by atoms with E-state index in [2.05, 4.69) is 0 Å². The molecule has 1 atom stereocenters. The van der Waals surface area contributed by atoms with Crippen LogP contribution in [0.3, 0.4) is 0 Å². The van der Waals surface area contributed by atoms with E-state index in [0.29, 0.717) is 18.2 Å². The molecule has 0 aliphatic rings. The van der Waals surface area contributed by atoms with Crippen LogP contribution in [0.25, 0.3) is 6.08 Å². The second kappa shape index (κ2) is 10.5. The van der Waals surface area contributed by atoms with Gasteiger partial charge in [0.1, 0.15) is 0 Å². The van der Waals surface area contributed by atoms with Crippen molar-refractivity contribution in [1.82, 2.24) is 4.90 Å². The van der Waals surface area contributed by atoms with Gasteiger partial charge >= 0.3 is 5.97 Å². The molecule has 0 spiro atoms. The average Bonchev–Trinajstić information content (AvgIpc) is 2.68. The molecule has 142 valence electrons.